The van der Waals surface area contributed by atoms with Crippen molar-refractivity contribution in [3.63, 3.8) is 0 Å². The quantitative estimate of drug-likeness (QED) is 0.771. The predicted octanol–water partition coefficient (Wildman–Crippen LogP) is 1.74. The summed E-state index contributed by atoms with van der Waals surface area (Å²) in [7, 11) is 2.10. The standard InChI is InChI=1S/C19H22N4O/c1-13(18-20-15-8-4-3-7-14(15)19(24)21-18)23-12-6-10-17(23)16-9-5-11-22(16)2/h3-5,7-9,11,13,17H,6,10,12H2,1-2H3,(H,20,21,24)/p+1/t13-,17+/m0/s1. The Balaban J connectivity index is 1.71. The van der Waals surface area contributed by atoms with E-state index in [1.165, 1.54) is 23.4 Å². The lowest BCUT2D eigenvalue weighted by molar-refractivity contribution is -0.948. The van der Waals surface area contributed by atoms with E-state index < -0.39 is 0 Å². The molecule has 0 radical (unpaired) electrons. The third-order valence-corrected chi connectivity index (χ3v) is 5.34. The zero-order valence-electron chi connectivity index (χ0n) is 14.1. The highest BCUT2D eigenvalue weighted by molar-refractivity contribution is 5.77. The highest BCUT2D eigenvalue weighted by atomic mass is 16.1. The Morgan fingerprint density at radius 3 is 2.92 bits per heavy atom. The number of fused-ring (bicyclic) bond motifs is 1. The van der Waals surface area contributed by atoms with Gasteiger partial charge in [-0.2, -0.15) is 0 Å². The van der Waals surface area contributed by atoms with Crippen LogP contribution in [0.1, 0.15) is 43.4 Å². The lowest BCUT2D eigenvalue weighted by Crippen LogP contribution is -3.10. The van der Waals surface area contributed by atoms with Crippen molar-refractivity contribution >= 4 is 10.9 Å². The first kappa shape index (κ1) is 15.1. The number of aromatic nitrogens is 3. The maximum absolute atomic E-state index is 12.4. The molecule has 0 spiro atoms. The van der Waals surface area contributed by atoms with Crippen LogP contribution in [0.15, 0.2) is 47.4 Å². The van der Waals surface area contributed by atoms with Gasteiger partial charge in [-0.05, 0) is 31.2 Å². The first-order valence-electron chi connectivity index (χ1n) is 8.61. The molecule has 24 heavy (non-hydrogen) atoms. The first-order valence-corrected chi connectivity index (χ1v) is 8.61. The Hall–Kier alpha value is -2.40. The van der Waals surface area contributed by atoms with Crippen molar-refractivity contribution in [3.05, 3.63) is 64.5 Å². The normalized spacial score (nSPS) is 22.1. The van der Waals surface area contributed by atoms with Crippen LogP contribution in [0.4, 0.5) is 0 Å². The fourth-order valence-electron chi connectivity index (χ4n) is 4.05. The second-order valence-corrected chi connectivity index (χ2v) is 6.75. The van der Waals surface area contributed by atoms with Crippen molar-refractivity contribution in [3.8, 4) is 0 Å². The van der Waals surface area contributed by atoms with E-state index in [0.29, 0.717) is 11.4 Å². The number of hydrogen-bond acceptors (Lipinski definition) is 2. The van der Waals surface area contributed by atoms with Crippen LogP contribution in [0.25, 0.3) is 10.9 Å². The largest absolute Gasteiger partial charge is 0.350 e. The van der Waals surface area contributed by atoms with Crippen LogP contribution < -0.4 is 10.5 Å². The third kappa shape index (κ3) is 2.45. The molecule has 1 fully saturated rings. The number of hydrogen-bond donors (Lipinski definition) is 2. The van der Waals surface area contributed by atoms with Crippen LogP contribution in [0.5, 0.6) is 0 Å². The van der Waals surface area contributed by atoms with Crippen molar-refractivity contribution in [2.45, 2.75) is 31.8 Å². The Morgan fingerprint density at radius 2 is 2.12 bits per heavy atom. The summed E-state index contributed by atoms with van der Waals surface area (Å²) in [6, 6.07) is 12.5. The maximum Gasteiger partial charge on any atom is 0.258 e. The molecule has 3 aromatic rings. The summed E-state index contributed by atoms with van der Waals surface area (Å²) in [5.74, 6) is 0.787. The molecule has 2 aromatic heterocycles. The molecular weight excluding hydrogens is 300 g/mol. The average molecular weight is 323 g/mol. The van der Waals surface area contributed by atoms with Crippen molar-refractivity contribution in [1.82, 2.24) is 14.5 Å². The molecule has 3 heterocycles. The maximum atomic E-state index is 12.4. The summed E-state index contributed by atoms with van der Waals surface area (Å²) in [5.41, 5.74) is 2.09. The molecule has 3 atom stereocenters. The van der Waals surface area contributed by atoms with Gasteiger partial charge in [-0.1, -0.05) is 12.1 Å². The van der Waals surface area contributed by atoms with E-state index >= 15 is 0 Å². The van der Waals surface area contributed by atoms with E-state index in [1.54, 1.807) is 0 Å². The van der Waals surface area contributed by atoms with Gasteiger partial charge in [0.15, 0.2) is 5.82 Å². The Kier molecular flexibility index (Phi) is 3.73. The molecule has 1 aliphatic heterocycles. The number of benzene rings is 1. The van der Waals surface area contributed by atoms with Gasteiger partial charge in [0.25, 0.3) is 5.56 Å². The van der Waals surface area contributed by atoms with E-state index in [2.05, 4.69) is 41.9 Å². The molecule has 1 aromatic carbocycles. The average Bonchev–Trinajstić information content (AvgIpc) is 3.22. The van der Waals surface area contributed by atoms with Crippen molar-refractivity contribution in [1.29, 1.82) is 0 Å². The molecule has 0 amide bonds. The zero-order chi connectivity index (χ0) is 16.7. The molecule has 5 nitrogen and oxygen atoms in total. The molecule has 5 heteroatoms. The summed E-state index contributed by atoms with van der Waals surface area (Å²) in [6.45, 7) is 3.27. The number of para-hydroxylation sites is 1. The van der Waals surface area contributed by atoms with E-state index in [0.717, 1.165) is 17.9 Å². The predicted molar refractivity (Wildman–Crippen MR) is 94.0 cm³/mol. The molecular formula is C19H23N4O+. The molecule has 1 saturated heterocycles. The second kappa shape index (κ2) is 5.91. The summed E-state index contributed by atoms with van der Waals surface area (Å²) < 4.78 is 2.21. The summed E-state index contributed by atoms with van der Waals surface area (Å²) >= 11 is 0. The highest BCUT2D eigenvalue weighted by Crippen LogP contribution is 2.22. The smallest absolute Gasteiger partial charge is 0.258 e. The first-order chi connectivity index (χ1) is 11.6. The topological polar surface area (TPSA) is 55.1 Å². The number of nitrogens with one attached hydrogen (secondary N) is 2. The number of nitrogens with zero attached hydrogens (tertiary/aromatic N) is 2. The SMILES string of the molecule is C[C@@H](c1nc2ccccc2c(=O)[nH]1)[NH+]1CCC[C@@H]1c1cccn1C. The van der Waals surface area contributed by atoms with Gasteiger partial charge in [-0.3, -0.25) is 4.79 Å². The van der Waals surface area contributed by atoms with Crippen molar-refractivity contribution in [2.75, 3.05) is 6.54 Å². The number of likely N-dealkylation sites (tertiary alicyclic amines) is 1. The van der Waals surface area contributed by atoms with Gasteiger partial charge in [-0.15, -0.1) is 0 Å². The number of rotatable bonds is 3. The van der Waals surface area contributed by atoms with E-state index in [4.69, 9.17) is 4.98 Å². The second-order valence-electron chi connectivity index (χ2n) is 6.75. The number of quaternary nitrogens is 1. The number of aryl methyl sites for hydroxylation is 1. The van der Waals surface area contributed by atoms with Gasteiger partial charge in [0.2, 0.25) is 0 Å². The molecule has 4 rings (SSSR count). The lowest BCUT2D eigenvalue weighted by Gasteiger charge is -2.27. The van der Waals surface area contributed by atoms with Crippen LogP contribution in [0, 0.1) is 0 Å². The van der Waals surface area contributed by atoms with E-state index in [9.17, 15) is 4.79 Å². The summed E-state index contributed by atoms with van der Waals surface area (Å²) in [4.78, 5) is 21.6. The molecule has 1 unspecified atom stereocenters. The molecule has 0 saturated carbocycles. The molecule has 0 bridgehead atoms. The molecule has 124 valence electrons. The third-order valence-electron chi connectivity index (χ3n) is 5.34. The van der Waals surface area contributed by atoms with Crippen LogP contribution in [-0.4, -0.2) is 21.1 Å². The summed E-state index contributed by atoms with van der Waals surface area (Å²) in [5, 5.41) is 0.656. The van der Waals surface area contributed by atoms with Gasteiger partial charge in [0.05, 0.1) is 23.1 Å². The zero-order valence-corrected chi connectivity index (χ0v) is 14.1. The monoisotopic (exact) mass is 323 g/mol. The van der Waals surface area contributed by atoms with Crippen LogP contribution in [-0.2, 0) is 7.05 Å². The Labute approximate surface area is 140 Å². The van der Waals surface area contributed by atoms with Gasteiger partial charge in [0.1, 0.15) is 12.1 Å². The van der Waals surface area contributed by atoms with Gasteiger partial charge < -0.3 is 14.5 Å². The fraction of sp³-hybridized carbons (Fsp3) is 0.368. The molecule has 1 aliphatic rings. The van der Waals surface area contributed by atoms with Crippen molar-refractivity contribution < 1.29 is 4.90 Å². The van der Waals surface area contributed by atoms with Crippen LogP contribution in [0.2, 0.25) is 0 Å². The minimum absolute atomic E-state index is 0.0449. The minimum atomic E-state index is -0.0449. The minimum Gasteiger partial charge on any atom is -0.350 e. The van der Waals surface area contributed by atoms with Gasteiger partial charge in [0, 0.05) is 26.1 Å². The van der Waals surface area contributed by atoms with Gasteiger partial charge >= 0.3 is 0 Å². The lowest BCUT2D eigenvalue weighted by atomic mass is 10.1. The number of aromatic amines is 1. The Morgan fingerprint density at radius 1 is 1.29 bits per heavy atom. The van der Waals surface area contributed by atoms with Crippen LogP contribution in [0.3, 0.4) is 0 Å². The molecule has 2 N–H and O–H groups in total. The Bertz CT molecular complexity index is 926. The fourth-order valence-corrected chi connectivity index (χ4v) is 4.05. The van der Waals surface area contributed by atoms with E-state index in [1.807, 2.05) is 24.3 Å². The highest BCUT2D eigenvalue weighted by Gasteiger charge is 2.36. The van der Waals surface area contributed by atoms with Crippen molar-refractivity contribution in [2.24, 2.45) is 7.05 Å². The van der Waals surface area contributed by atoms with E-state index in [-0.39, 0.29) is 11.6 Å². The molecule has 0 aliphatic carbocycles. The van der Waals surface area contributed by atoms with Crippen LogP contribution >= 0.6 is 0 Å². The van der Waals surface area contributed by atoms with Gasteiger partial charge in [-0.25, -0.2) is 4.98 Å². The number of H-pyrrole nitrogens is 1. The summed E-state index contributed by atoms with van der Waals surface area (Å²) in [6.07, 6.45) is 4.48.